The summed E-state index contributed by atoms with van der Waals surface area (Å²) in [7, 11) is 0. The molecule has 3 N–H and O–H groups in total. The smallest absolute Gasteiger partial charge is 0.257 e. The van der Waals surface area contributed by atoms with E-state index in [0.717, 1.165) is 5.69 Å². The number of nitrogen functional groups attached to an aromatic ring is 1. The van der Waals surface area contributed by atoms with Gasteiger partial charge in [-0.2, -0.15) is 0 Å². The summed E-state index contributed by atoms with van der Waals surface area (Å²) in [4.78, 5) is 16.4. The molecule has 4 nitrogen and oxygen atoms in total. The summed E-state index contributed by atoms with van der Waals surface area (Å²) >= 11 is 6.02. The number of nitrogens with zero attached hydrogens (tertiary/aromatic N) is 1. The average molecular weight is 276 g/mol. The van der Waals surface area contributed by atoms with E-state index in [1.807, 2.05) is 6.92 Å². The molecule has 0 saturated heterocycles. The van der Waals surface area contributed by atoms with E-state index in [1.54, 1.807) is 37.3 Å². The van der Waals surface area contributed by atoms with Crippen molar-refractivity contribution in [2.75, 3.05) is 11.1 Å². The summed E-state index contributed by atoms with van der Waals surface area (Å²) in [5.74, 6) is -0.273. The quantitative estimate of drug-likeness (QED) is 0.827. The Morgan fingerprint density at radius 2 is 2.00 bits per heavy atom. The van der Waals surface area contributed by atoms with Crippen molar-refractivity contribution in [3.8, 4) is 0 Å². The number of rotatable bonds is 2. The largest absolute Gasteiger partial charge is 0.397 e. The third-order valence-electron chi connectivity index (χ3n) is 2.75. The number of hydrogen-bond acceptors (Lipinski definition) is 3. The molecule has 1 aromatic carbocycles. The molecule has 19 heavy (non-hydrogen) atoms. The van der Waals surface area contributed by atoms with Gasteiger partial charge in [-0.15, -0.1) is 0 Å². The molecular weight excluding hydrogens is 262 g/mol. The van der Waals surface area contributed by atoms with Crippen molar-refractivity contribution in [2.45, 2.75) is 13.8 Å². The number of aryl methyl sites for hydroxylation is 2. The van der Waals surface area contributed by atoms with Crippen LogP contribution in [-0.4, -0.2) is 10.9 Å². The van der Waals surface area contributed by atoms with Gasteiger partial charge in [-0.1, -0.05) is 17.7 Å². The molecule has 0 saturated carbocycles. The fraction of sp³-hybridized carbons (Fsp3) is 0.143. The number of aromatic nitrogens is 1. The zero-order valence-electron chi connectivity index (χ0n) is 10.7. The average Bonchev–Trinajstić information content (AvgIpc) is 2.33. The number of nitrogens with one attached hydrogen (secondary N) is 1. The first kappa shape index (κ1) is 13.4. The second kappa shape index (κ2) is 5.28. The SMILES string of the molecule is Cc1ccc(C(=O)Nc2c(N)cccc2Cl)c(C)n1. The van der Waals surface area contributed by atoms with Crippen LogP contribution < -0.4 is 11.1 Å². The number of nitrogens with two attached hydrogens (primary N) is 1. The second-order valence-corrected chi connectivity index (χ2v) is 4.65. The van der Waals surface area contributed by atoms with Crippen LogP contribution in [0.1, 0.15) is 21.7 Å². The first-order chi connectivity index (χ1) is 8.99. The Morgan fingerprint density at radius 1 is 1.26 bits per heavy atom. The van der Waals surface area contributed by atoms with Crippen LogP contribution in [0.15, 0.2) is 30.3 Å². The molecule has 0 fully saturated rings. The van der Waals surface area contributed by atoms with Crippen LogP contribution >= 0.6 is 11.6 Å². The Balaban J connectivity index is 2.31. The number of carbonyl (C=O) groups is 1. The Labute approximate surface area is 116 Å². The summed E-state index contributed by atoms with van der Waals surface area (Å²) in [5.41, 5.74) is 8.69. The molecule has 5 heteroatoms. The van der Waals surface area contributed by atoms with E-state index >= 15 is 0 Å². The van der Waals surface area contributed by atoms with E-state index in [0.29, 0.717) is 27.7 Å². The number of anilines is 2. The fourth-order valence-electron chi connectivity index (χ4n) is 1.78. The lowest BCUT2D eigenvalue weighted by molar-refractivity contribution is 0.102. The van der Waals surface area contributed by atoms with Crippen LogP contribution in [0.4, 0.5) is 11.4 Å². The molecule has 1 amide bonds. The minimum atomic E-state index is -0.273. The normalized spacial score (nSPS) is 10.3. The van der Waals surface area contributed by atoms with Gasteiger partial charge in [0.25, 0.3) is 5.91 Å². The third-order valence-corrected chi connectivity index (χ3v) is 3.07. The number of benzene rings is 1. The fourth-order valence-corrected chi connectivity index (χ4v) is 2.01. The van der Waals surface area contributed by atoms with E-state index in [-0.39, 0.29) is 5.91 Å². The van der Waals surface area contributed by atoms with Gasteiger partial charge in [0.05, 0.1) is 27.7 Å². The zero-order valence-corrected chi connectivity index (χ0v) is 11.5. The highest BCUT2D eigenvalue weighted by molar-refractivity contribution is 6.34. The van der Waals surface area contributed by atoms with Gasteiger partial charge in [0.2, 0.25) is 0 Å². The van der Waals surface area contributed by atoms with Crippen molar-refractivity contribution in [3.63, 3.8) is 0 Å². The minimum Gasteiger partial charge on any atom is -0.397 e. The van der Waals surface area contributed by atoms with Gasteiger partial charge in [-0.05, 0) is 38.1 Å². The monoisotopic (exact) mass is 275 g/mol. The molecule has 0 atom stereocenters. The molecular formula is C14H14ClN3O. The van der Waals surface area contributed by atoms with Gasteiger partial charge < -0.3 is 11.1 Å². The summed E-state index contributed by atoms with van der Waals surface area (Å²) in [6.07, 6.45) is 0. The highest BCUT2D eigenvalue weighted by atomic mass is 35.5. The van der Waals surface area contributed by atoms with Crippen LogP contribution in [-0.2, 0) is 0 Å². The van der Waals surface area contributed by atoms with Gasteiger partial charge in [-0.25, -0.2) is 0 Å². The summed E-state index contributed by atoms with van der Waals surface area (Å²) < 4.78 is 0. The van der Waals surface area contributed by atoms with Crippen LogP contribution in [0.5, 0.6) is 0 Å². The molecule has 0 bridgehead atoms. The van der Waals surface area contributed by atoms with Crippen LogP contribution in [0.2, 0.25) is 5.02 Å². The highest BCUT2D eigenvalue weighted by Crippen LogP contribution is 2.28. The third kappa shape index (κ3) is 2.85. The van der Waals surface area contributed by atoms with Gasteiger partial charge in [-0.3, -0.25) is 9.78 Å². The Kier molecular flexibility index (Phi) is 3.71. The maximum absolute atomic E-state index is 12.2. The number of amides is 1. The van der Waals surface area contributed by atoms with E-state index in [2.05, 4.69) is 10.3 Å². The lowest BCUT2D eigenvalue weighted by Crippen LogP contribution is -2.15. The Hall–Kier alpha value is -2.07. The zero-order chi connectivity index (χ0) is 14.0. The molecule has 1 heterocycles. The highest BCUT2D eigenvalue weighted by Gasteiger charge is 2.13. The van der Waals surface area contributed by atoms with Crippen molar-refractivity contribution >= 4 is 28.9 Å². The number of para-hydroxylation sites is 1. The molecule has 2 aromatic rings. The van der Waals surface area contributed by atoms with E-state index in [9.17, 15) is 4.79 Å². The molecule has 98 valence electrons. The van der Waals surface area contributed by atoms with Crippen molar-refractivity contribution in [3.05, 3.63) is 52.3 Å². The van der Waals surface area contributed by atoms with Crippen LogP contribution in [0.3, 0.4) is 0 Å². The molecule has 0 spiro atoms. The van der Waals surface area contributed by atoms with Gasteiger partial charge in [0.1, 0.15) is 0 Å². The maximum Gasteiger partial charge on any atom is 0.257 e. The molecule has 2 rings (SSSR count). The summed E-state index contributed by atoms with van der Waals surface area (Å²) in [6, 6.07) is 8.61. The minimum absolute atomic E-state index is 0.273. The van der Waals surface area contributed by atoms with E-state index in [1.165, 1.54) is 0 Å². The van der Waals surface area contributed by atoms with Crippen molar-refractivity contribution < 1.29 is 4.79 Å². The van der Waals surface area contributed by atoms with Crippen LogP contribution in [0, 0.1) is 13.8 Å². The number of hydrogen-bond donors (Lipinski definition) is 2. The second-order valence-electron chi connectivity index (χ2n) is 4.24. The summed E-state index contributed by atoms with van der Waals surface area (Å²) in [6.45, 7) is 3.67. The van der Waals surface area contributed by atoms with Gasteiger partial charge in [0, 0.05) is 5.69 Å². The lowest BCUT2D eigenvalue weighted by atomic mass is 10.1. The molecule has 0 aliphatic carbocycles. The maximum atomic E-state index is 12.2. The molecule has 0 aliphatic rings. The van der Waals surface area contributed by atoms with Gasteiger partial charge >= 0.3 is 0 Å². The lowest BCUT2D eigenvalue weighted by Gasteiger charge is -2.11. The summed E-state index contributed by atoms with van der Waals surface area (Å²) in [5, 5.41) is 3.13. The van der Waals surface area contributed by atoms with E-state index < -0.39 is 0 Å². The van der Waals surface area contributed by atoms with Crippen molar-refractivity contribution in [1.82, 2.24) is 4.98 Å². The van der Waals surface area contributed by atoms with E-state index in [4.69, 9.17) is 17.3 Å². The molecule has 1 aromatic heterocycles. The van der Waals surface area contributed by atoms with Gasteiger partial charge in [0.15, 0.2) is 0 Å². The first-order valence-electron chi connectivity index (χ1n) is 5.78. The number of carbonyl (C=O) groups excluding carboxylic acids is 1. The molecule has 0 unspecified atom stereocenters. The Morgan fingerprint density at radius 3 is 2.63 bits per heavy atom. The topological polar surface area (TPSA) is 68.0 Å². The molecule has 0 radical (unpaired) electrons. The first-order valence-corrected chi connectivity index (χ1v) is 6.16. The number of pyridine rings is 1. The van der Waals surface area contributed by atoms with Crippen molar-refractivity contribution in [2.24, 2.45) is 0 Å². The predicted octanol–water partition coefficient (Wildman–Crippen LogP) is 3.19. The number of halogens is 1. The standard InChI is InChI=1S/C14H14ClN3O/c1-8-6-7-10(9(2)17-8)14(19)18-13-11(15)4-3-5-12(13)16/h3-7H,16H2,1-2H3,(H,18,19). The Bertz CT molecular complexity index is 620. The van der Waals surface area contributed by atoms with Crippen LogP contribution in [0.25, 0.3) is 0 Å². The van der Waals surface area contributed by atoms with Crippen molar-refractivity contribution in [1.29, 1.82) is 0 Å². The molecule has 0 aliphatic heterocycles. The predicted molar refractivity (Wildman–Crippen MR) is 77.5 cm³/mol.